The molecule has 6 heteroatoms. The second-order valence-corrected chi connectivity index (χ2v) is 4.82. The number of rotatable bonds is 3. The van der Waals surface area contributed by atoms with Crippen molar-refractivity contribution in [2.75, 3.05) is 24.7 Å². The number of amides is 2. The summed E-state index contributed by atoms with van der Waals surface area (Å²) in [7, 11) is 1.53. The first-order chi connectivity index (χ1) is 9.52. The Morgan fingerprint density at radius 1 is 1.45 bits per heavy atom. The van der Waals surface area contributed by atoms with Gasteiger partial charge < -0.3 is 20.7 Å². The molecule has 1 aliphatic rings. The van der Waals surface area contributed by atoms with Gasteiger partial charge in [-0.3, -0.25) is 9.59 Å². The summed E-state index contributed by atoms with van der Waals surface area (Å²) < 4.78 is 5.06. The van der Waals surface area contributed by atoms with Crippen LogP contribution >= 0.6 is 0 Å². The van der Waals surface area contributed by atoms with Gasteiger partial charge in [0.15, 0.2) is 0 Å². The van der Waals surface area contributed by atoms with Gasteiger partial charge in [0, 0.05) is 19.2 Å². The van der Waals surface area contributed by atoms with Crippen molar-refractivity contribution in [2.45, 2.75) is 25.8 Å². The van der Waals surface area contributed by atoms with Gasteiger partial charge in [-0.05, 0) is 31.0 Å². The molecule has 2 rings (SSSR count). The van der Waals surface area contributed by atoms with E-state index in [1.165, 1.54) is 14.0 Å². The quantitative estimate of drug-likeness (QED) is 0.814. The lowest BCUT2D eigenvalue weighted by atomic mass is 10.2. The standard InChI is InChI=1S/C14H19N3O3/c1-9(18)17-7-3-4-12(17)14(19)16-10-5-6-13(20-2)11(15)8-10/h5-6,8,12H,3-4,7,15H2,1-2H3,(H,16,19). The summed E-state index contributed by atoms with van der Waals surface area (Å²) in [6, 6.07) is 4.67. The minimum atomic E-state index is -0.393. The SMILES string of the molecule is COc1ccc(NC(=O)C2CCCN2C(C)=O)cc1N. The Hall–Kier alpha value is -2.24. The number of methoxy groups -OCH3 is 1. The van der Waals surface area contributed by atoms with Crippen LogP contribution in [0, 0.1) is 0 Å². The van der Waals surface area contributed by atoms with E-state index in [0.717, 1.165) is 6.42 Å². The third kappa shape index (κ3) is 2.84. The zero-order valence-corrected chi connectivity index (χ0v) is 11.7. The third-order valence-electron chi connectivity index (χ3n) is 3.46. The van der Waals surface area contributed by atoms with Crippen LogP contribution in [0.3, 0.4) is 0 Å². The summed E-state index contributed by atoms with van der Waals surface area (Å²) in [5.41, 5.74) is 6.85. The molecular weight excluding hydrogens is 258 g/mol. The highest BCUT2D eigenvalue weighted by Gasteiger charge is 2.32. The molecule has 1 saturated heterocycles. The Bertz CT molecular complexity index is 530. The number of benzene rings is 1. The predicted molar refractivity (Wildman–Crippen MR) is 76.4 cm³/mol. The van der Waals surface area contributed by atoms with E-state index < -0.39 is 6.04 Å². The Balaban J connectivity index is 2.08. The molecule has 20 heavy (non-hydrogen) atoms. The molecule has 2 amide bonds. The topological polar surface area (TPSA) is 84.7 Å². The largest absolute Gasteiger partial charge is 0.495 e. The summed E-state index contributed by atoms with van der Waals surface area (Å²) in [6.07, 6.45) is 1.54. The fourth-order valence-electron chi connectivity index (χ4n) is 2.45. The maximum absolute atomic E-state index is 12.2. The van der Waals surface area contributed by atoms with Crippen LogP contribution in [0.5, 0.6) is 5.75 Å². The van der Waals surface area contributed by atoms with Gasteiger partial charge in [0.25, 0.3) is 0 Å². The molecule has 1 aromatic rings. The Morgan fingerprint density at radius 3 is 2.80 bits per heavy atom. The number of nitrogen functional groups attached to an aromatic ring is 1. The van der Waals surface area contributed by atoms with Gasteiger partial charge in [-0.25, -0.2) is 0 Å². The molecule has 0 bridgehead atoms. The molecule has 1 unspecified atom stereocenters. The molecule has 0 saturated carbocycles. The molecule has 1 aliphatic heterocycles. The molecule has 0 aliphatic carbocycles. The summed E-state index contributed by atoms with van der Waals surface area (Å²) in [6.45, 7) is 2.12. The maximum atomic E-state index is 12.2. The molecule has 1 aromatic carbocycles. The van der Waals surface area contributed by atoms with E-state index in [4.69, 9.17) is 10.5 Å². The normalized spacial score (nSPS) is 17.9. The minimum Gasteiger partial charge on any atom is -0.495 e. The lowest BCUT2D eigenvalue weighted by Gasteiger charge is -2.22. The van der Waals surface area contributed by atoms with Crippen molar-refractivity contribution >= 4 is 23.2 Å². The number of hydrogen-bond donors (Lipinski definition) is 2. The summed E-state index contributed by atoms with van der Waals surface area (Å²) in [4.78, 5) is 25.3. The minimum absolute atomic E-state index is 0.0723. The number of carbonyl (C=O) groups excluding carboxylic acids is 2. The number of carbonyl (C=O) groups is 2. The number of nitrogens with two attached hydrogens (primary N) is 1. The highest BCUT2D eigenvalue weighted by molar-refractivity contribution is 5.97. The Morgan fingerprint density at radius 2 is 2.20 bits per heavy atom. The molecule has 108 valence electrons. The van der Waals surface area contributed by atoms with E-state index in [2.05, 4.69) is 5.32 Å². The highest BCUT2D eigenvalue weighted by atomic mass is 16.5. The highest BCUT2D eigenvalue weighted by Crippen LogP contribution is 2.25. The van der Waals surface area contributed by atoms with Crippen molar-refractivity contribution in [1.82, 2.24) is 4.90 Å². The smallest absolute Gasteiger partial charge is 0.247 e. The lowest BCUT2D eigenvalue weighted by Crippen LogP contribution is -2.42. The first-order valence-corrected chi connectivity index (χ1v) is 6.54. The maximum Gasteiger partial charge on any atom is 0.247 e. The zero-order chi connectivity index (χ0) is 14.7. The van der Waals surface area contributed by atoms with Gasteiger partial charge in [0.1, 0.15) is 11.8 Å². The molecule has 1 atom stereocenters. The zero-order valence-electron chi connectivity index (χ0n) is 11.7. The number of hydrogen-bond acceptors (Lipinski definition) is 4. The van der Waals surface area contributed by atoms with Crippen LogP contribution in [0.15, 0.2) is 18.2 Å². The first-order valence-electron chi connectivity index (χ1n) is 6.54. The van der Waals surface area contributed by atoms with Gasteiger partial charge in [-0.2, -0.15) is 0 Å². The molecule has 0 aromatic heterocycles. The third-order valence-corrected chi connectivity index (χ3v) is 3.46. The number of likely N-dealkylation sites (tertiary alicyclic amines) is 1. The summed E-state index contributed by atoms with van der Waals surface area (Å²) in [5.74, 6) is 0.313. The second kappa shape index (κ2) is 5.81. The van der Waals surface area contributed by atoms with Gasteiger partial charge in [0.2, 0.25) is 11.8 Å². The molecule has 6 nitrogen and oxygen atoms in total. The number of nitrogens with zero attached hydrogens (tertiary/aromatic N) is 1. The van der Waals surface area contributed by atoms with Crippen molar-refractivity contribution in [3.05, 3.63) is 18.2 Å². The van der Waals surface area contributed by atoms with E-state index >= 15 is 0 Å². The van der Waals surface area contributed by atoms with E-state index in [9.17, 15) is 9.59 Å². The Labute approximate surface area is 117 Å². The lowest BCUT2D eigenvalue weighted by molar-refractivity contribution is -0.134. The Kier molecular flexibility index (Phi) is 4.12. The average molecular weight is 277 g/mol. The molecule has 0 radical (unpaired) electrons. The van der Waals surface area contributed by atoms with Crippen molar-refractivity contribution in [3.63, 3.8) is 0 Å². The molecule has 0 spiro atoms. The van der Waals surface area contributed by atoms with E-state index in [-0.39, 0.29) is 11.8 Å². The van der Waals surface area contributed by atoms with Gasteiger partial charge in [-0.15, -0.1) is 0 Å². The molecular formula is C14H19N3O3. The molecule has 3 N–H and O–H groups in total. The van der Waals surface area contributed by atoms with Gasteiger partial charge in [0.05, 0.1) is 12.8 Å². The molecule has 1 fully saturated rings. The number of ether oxygens (including phenoxy) is 1. The van der Waals surface area contributed by atoms with Crippen LogP contribution in [0.4, 0.5) is 11.4 Å². The predicted octanol–water partition coefficient (Wildman–Crippen LogP) is 1.23. The number of anilines is 2. The van der Waals surface area contributed by atoms with Crippen molar-refractivity contribution in [2.24, 2.45) is 0 Å². The van der Waals surface area contributed by atoms with Crippen LogP contribution in [0.1, 0.15) is 19.8 Å². The molecule has 1 heterocycles. The summed E-state index contributed by atoms with van der Waals surface area (Å²) in [5, 5.41) is 2.79. The van der Waals surface area contributed by atoms with Crippen LogP contribution in [0.2, 0.25) is 0 Å². The summed E-state index contributed by atoms with van der Waals surface area (Å²) >= 11 is 0. The number of nitrogens with one attached hydrogen (secondary N) is 1. The monoisotopic (exact) mass is 277 g/mol. The van der Waals surface area contributed by atoms with E-state index in [0.29, 0.717) is 30.1 Å². The van der Waals surface area contributed by atoms with Crippen molar-refractivity contribution in [1.29, 1.82) is 0 Å². The van der Waals surface area contributed by atoms with Crippen molar-refractivity contribution in [3.8, 4) is 5.75 Å². The van der Waals surface area contributed by atoms with Crippen LogP contribution in [-0.2, 0) is 9.59 Å². The van der Waals surface area contributed by atoms with Crippen molar-refractivity contribution < 1.29 is 14.3 Å². The van der Waals surface area contributed by atoms with E-state index in [1.807, 2.05) is 0 Å². The fourth-order valence-corrected chi connectivity index (χ4v) is 2.45. The van der Waals surface area contributed by atoms with Crippen LogP contribution in [-0.4, -0.2) is 36.4 Å². The van der Waals surface area contributed by atoms with Crippen LogP contribution in [0.25, 0.3) is 0 Å². The first kappa shape index (κ1) is 14.2. The fraction of sp³-hybridized carbons (Fsp3) is 0.429. The second-order valence-electron chi connectivity index (χ2n) is 4.82. The van der Waals surface area contributed by atoms with E-state index in [1.54, 1.807) is 23.1 Å². The van der Waals surface area contributed by atoms with Crippen LogP contribution < -0.4 is 15.8 Å². The van der Waals surface area contributed by atoms with Gasteiger partial charge >= 0.3 is 0 Å². The average Bonchev–Trinajstić information content (AvgIpc) is 2.88. The van der Waals surface area contributed by atoms with Gasteiger partial charge in [-0.1, -0.05) is 0 Å².